The van der Waals surface area contributed by atoms with E-state index in [-0.39, 0.29) is 23.3 Å². The molecule has 2 aliphatic carbocycles. The molecular formula is C93H79ClF4N8O5. The number of ether oxygens (including phenoxy) is 4. The molecule has 0 amide bonds. The van der Waals surface area contributed by atoms with Crippen molar-refractivity contribution in [1.29, 1.82) is 0 Å². The Morgan fingerprint density at radius 1 is 0.342 bits per heavy atom. The highest BCUT2D eigenvalue weighted by atomic mass is 35.5. The summed E-state index contributed by atoms with van der Waals surface area (Å²) >= 11 is 6.23. The summed E-state index contributed by atoms with van der Waals surface area (Å²) in [4.78, 5) is 18.6. The van der Waals surface area contributed by atoms with Crippen LogP contribution in [0.5, 0.6) is 0 Å². The zero-order chi connectivity index (χ0) is 76.0. The van der Waals surface area contributed by atoms with Gasteiger partial charge in [-0.05, 0) is 191 Å². The van der Waals surface area contributed by atoms with Crippen LogP contribution in [0.2, 0.25) is 5.02 Å². The van der Waals surface area contributed by atoms with Crippen molar-refractivity contribution in [2.24, 2.45) is 11.5 Å². The molecule has 15 aromatic rings. The maximum absolute atomic E-state index is 14.0. The van der Waals surface area contributed by atoms with Gasteiger partial charge in [-0.15, -0.1) is 0 Å². The Hall–Kier alpha value is -11.9. The highest BCUT2D eigenvalue weighted by Crippen LogP contribution is 2.45. The Kier molecular flexibility index (Phi) is 23.6. The number of H-pyrrole nitrogens is 1. The lowest BCUT2D eigenvalue weighted by Gasteiger charge is -2.15. The van der Waals surface area contributed by atoms with Crippen LogP contribution in [0.15, 0.2) is 283 Å². The number of imidazole rings is 3. The number of fused-ring (bicyclic) bond motifs is 6. The number of hydrogen-bond acceptors (Lipinski definition) is 10. The largest absolute Gasteiger partial charge is 0.453 e. The summed E-state index contributed by atoms with van der Waals surface area (Å²) in [6.45, 7) is 5.90. The number of nitrogens with one attached hydrogen (secondary N) is 1. The van der Waals surface area contributed by atoms with E-state index in [9.17, 15) is 17.6 Å². The lowest BCUT2D eigenvalue weighted by Crippen LogP contribution is -2.14. The maximum Gasteiger partial charge on any atom is 0.177 e. The lowest BCUT2D eigenvalue weighted by atomic mass is 10.0. The maximum atomic E-state index is 14.0. The standard InChI is InChI=1S/C34H31F2N3O2.C31H30ClN3O3.C28H18F2N2/c35-28-11-7-23(8-12-28)32-33(24-9-13-29(36)14-10-24)39(16-18-41-20-19-40-17-15-37)34(38-32)27-6-5-26-21-25-3-1-2-4-30(25)31(26)22-27;32-26-13-7-12-25(22-26)27-14-15-28(38-27)31-34-29(23-8-3-1-4-9-23)30(24-10-5-2-6-11-24)35(31)17-19-37-21-20-36-18-16-33;29-22-11-7-17(8-12-22)26-27(18-9-13-23(30)14-10-18)32-28(31-26)21-6-5-20-15-19-3-1-2-4-24(19)25(20)16-21/h1-14,22H,15-21,37H2;1-15,22H,16-21,33H2;1-14,16H,15H2,(H,31,32). The molecule has 0 saturated heterocycles. The number of aromatic amines is 1. The molecule has 556 valence electrons. The van der Waals surface area contributed by atoms with Crippen molar-refractivity contribution < 1.29 is 40.9 Å². The summed E-state index contributed by atoms with van der Waals surface area (Å²) in [5.41, 5.74) is 34.1. The predicted octanol–water partition coefficient (Wildman–Crippen LogP) is 20.8. The van der Waals surface area contributed by atoms with Crippen molar-refractivity contribution in [1.82, 2.24) is 29.1 Å². The molecular weight excluding hydrogens is 1420 g/mol. The molecule has 0 atom stereocenters. The molecule has 0 unspecified atom stereocenters. The fourth-order valence-electron chi connectivity index (χ4n) is 14.2. The van der Waals surface area contributed by atoms with Crippen LogP contribution < -0.4 is 11.5 Å². The molecule has 13 nitrogen and oxygen atoms in total. The van der Waals surface area contributed by atoms with E-state index in [1.807, 2.05) is 72.8 Å². The molecule has 2 aliphatic rings. The van der Waals surface area contributed by atoms with Crippen LogP contribution in [-0.4, -0.2) is 95.0 Å². The van der Waals surface area contributed by atoms with Crippen molar-refractivity contribution in [3.63, 3.8) is 0 Å². The van der Waals surface area contributed by atoms with Gasteiger partial charge in [0, 0.05) is 81.3 Å². The van der Waals surface area contributed by atoms with Crippen LogP contribution >= 0.6 is 11.6 Å². The van der Waals surface area contributed by atoms with Gasteiger partial charge in [-0.3, -0.25) is 0 Å². The fraction of sp³-hybridized carbons (Fsp3) is 0.151. The zero-order valence-electron chi connectivity index (χ0n) is 60.8. The molecule has 11 aromatic carbocycles. The molecule has 0 radical (unpaired) electrons. The summed E-state index contributed by atoms with van der Waals surface area (Å²) in [6, 6.07) is 87.1. The van der Waals surface area contributed by atoms with Gasteiger partial charge in [0.15, 0.2) is 11.6 Å². The highest BCUT2D eigenvalue weighted by molar-refractivity contribution is 6.30. The van der Waals surface area contributed by atoms with Crippen LogP contribution in [0.1, 0.15) is 22.3 Å². The van der Waals surface area contributed by atoms with Crippen LogP contribution in [0.25, 0.3) is 135 Å². The number of hydrogen-bond donors (Lipinski definition) is 3. The van der Waals surface area contributed by atoms with Gasteiger partial charge in [-0.25, -0.2) is 32.5 Å². The fourth-order valence-corrected chi connectivity index (χ4v) is 14.4. The van der Waals surface area contributed by atoms with Gasteiger partial charge in [0.1, 0.15) is 40.7 Å². The minimum Gasteiger partial charge on any atom is -0.453 e. The minimum absolute atomic E-state index is 0.297. The monoisotopic (exact) mass is 1500 g/mol. The number of rotatable bonds is 26. The third-order valence-corrected chi connectivity index (χ3v) is 19.7. The van der Waals surface area contributed by atoms with E-state index in [1.165, 1.54) is 93.0 Å². The first-order chi connectivity index (χ1) is 54.5. The first kappa shape index (κ1) is 74.6. The normalized spacial score (nSPS) is 11.7. The summed E-state index contributed by atoms with van der Waals surface area (Å²) in [5, 5.41) is 0.660. The quantitative estimate of drug-likeness (QED) is 0.0351. The van der Waals surface area contributed by atoms with E-state index in [0.717, 1.165) is 109 Å². The highest BCUT2D eigenvalue weighted by Gasteiger charge is 2.28. The second-order valence-corrected chi connectivity index (χ2v) is 27.2. The van der Waals surface area contributed by atoms with Crippen molar-refractivity contribution in [3.8, 4) is 135 Å². The second kappa shape index (κ2) is 35.2. The second-order valence-electron chi connectivity index (χ2n) is 26.7. The van der Waals surface area contributed by atoms with Crippen molar-refractivity contribution >= 4 is 11.6 Å². The summed E-state index contributed by atoms with van der Waals surface area (Å²) < 4.78 is 88.2. The molecule has 0 fully saturated rings. The summed E-state index contributed by atoms with van der Waals surface area (Å²) in [5.74, 6) is 2.38. The van der Waals surface area contributed by atoms with Gasteiger partial charge in [0.05, 0.1) is 87.0 Å². The molecule has 0 saturated carbocycles. The van der Waals surface area contributed by atoms with Crippen molar-refractivity contribution in [2.45, 2.75) is 25.9 Å². The van der Waals surface area contributed by atoms with Crippen LogP contribution in [0.3, 0.4) is 0 Å². The zero-order valence-corrected chi connectivity index (χ0v) is 61.5. The number of nitrogens with two attached hydrogens (primary N) is 2. The Labute approximate surface area is 646 Å². The molecule has 0 spiro atoms. The molecule has 0 aliphatic heterocycles. The average molecular weight is 1500 g/mol. The predicted molar refractivity (Wildman–Crippen MR) is 432 cm³/mol. The SMILES string of the molecule is Fc1ccc(-c2nc(-c3ccc4c(c3)-c3ccccc3C4)[nH]c2-c2ccc(F)cc2)cc1.NCCOCCOCCn1c(-c2ccc(-c3cccc(Cl)c3)o2)nc(-c2ccccc2)c1-c1ccccc1.NCCOCCOCCn1c(-c2ccc3c(c2)-c2ccccc2C3)nc(-c2ccc(F)cc2)c1-c1ccc(F)cc1. The lowest BCUT2D eigenvalue weighted by molar-refractivity contribution is 0.0479. The number of furan rings is 1. The molecule has 17 rings (SSSR count). The smallest absolute Gasteiger partial charge is 0.177 e. The van der Waals surface area contributed by atoms with Gasteiger partial charge in [-0.2, -0.15) is 0 Å². The summed E-state index contributed by atoms with van der Waals surface area (Å²) in [7, 11) is 0. The van der Waals surface area contributed by atoms with E-state index in [0.29, 0.717) is 101 Å². The topological polar surface area (TPSA) is 166 Å². The first-order valence-corrected chi connectivity index (χ1v) is 37.4. The van der Waals surface area contributed by atoms with E-state index in [1.54, 1.807) is 48.5 Å². The van der Waals surface area contributed by atoms with Crippen molar-refractivity contribution in [2.75, 3.05) is 65.9 Å². The summed E-state index contributed by atoms with van der Waals surface area (Å²) in [6.07, 6.45) is 1.84. The van der Waals surface area contributed by atoms with Crippen molar-refractivity contribution in [3.05, 3.63) is 330 Å². The van der Waals surface area contributed by atoms with Gasteiger partial charge in [0.2, 0.25) is 0 Å². The van der Waals surface area contributed by atoms with Crippen LogP contribution in [0.4, 0.5) is 17.6 Å². The molecule has 18 heteroatoms. The molecule has 111 heavy (non-hydrogen) atoms. The Morgan fingerprint density at radius 2 is 0.748 bits per heavy atom. The van der Waals surface area contributed by atoms with Crippen LogP contribution in [-0.2, 0) is 44.9 Å². The van der Waals surface area contributed by atoms with Gasteiger partial charge in [-0.1, -0.05) is 157 Å². The molecule has 0 bridgehead atoms. The molecule has 4 aromatic heterocycles. The van der Waals surface area contributed by atoms with Gasteiger partial charge < -0.3 is 49.0 Å². The van der Waals surface area contributed by atoms with E-state index in [2.05, 4.69) is 123 Å². The number of halogens is 5. The third-order valence-electron chi connectivity index (χ3n) is 19.5. The van der Waals surface area contributed by atoms with E-state index >= 15 is 0 Å². The van der Waals surface area contributed by atoms with Gasteiger partial charge in [0.25, 0.3) is 0 Å². The number of benzene rings is 11. The first-order valence-electron chi connectivity index (χ1n) is 37.0. The Morgan fingerprint density at radius 3 is 1.29 bits per heavy atom. The molecule has 4 heterocycles. The van der Waals surface area contributed by atoms with E-state index < -0.39 is 0 Å². The van der Waals surface area contributed by atoms with Crippen LogP contribution in [0, 0.1) is 23.3 Å². The number of aromatic nitrogens is 6. The Balaban J connectivity index is 0.000000133. The minimum atomic E-state index is -0.320. The molecule has 5 N–H and O–H groups in total. The average Bonchev–Trinajstić information content (AvgIpc) is 1.62. The third kappa shape index (κ3) is 17.3. The Bertz CT molecular complexity index is 5590. The number of nitrogens with zero attached hydrogens (tertiary/aromatic N) is 5. The van der Waals surface area contributed by atoms with Gasteiger partial charge >= 0.3 is 0 Å². The van der Waals surface area contributed by atoms with E-state index in [4.69, 9.17) is 61.4 Å².